The second-order valence-corrected chi connectivity index (χ2v) is 12.4. The normalized spacial score (nSPS) is 20.7. The van der Waals surface area contributed by atoms with E-state index in [0.717, 1.165) is 12.8 Å². The number of Topliss-reactive ketones (excluding diaryl/α,β-unsaturated/α-hetero) is 1. The molecule has 0 heterocycles. The van der Waals surface area contributed by atoms with Crippen LogP contribution in [0.5, 0.6) is 23.0 Å². The Kier molecular flexibility index (Phi) is 12.3. The Morgan fingerprint density at radius 3 is 2.02 bits per heavy atom. The molecule has 4 rings (SSSR count). The van der Waals surface area contributed by atoms with Gasteiger partial charge in [0.05, 0.1) is 54.3 Å². The maximum atomic E-state index is 14.3. The van der Waals surface area contributed by atoms with Crippen LogP contribution < -0.4 is 29.6 Å². The summed E-state index contributed by atoms with van der Waals surface area (Å²) in [7, 11) is 1.49. The van der Waals surface area contributed by atoms with Gasteiger partial charge in [-0.1, -0.05) is 37.6 Å². The smallest absolute Gasteiger partial charge is 0.235 e. The van der Waals surface area contributed by atoms with Gasteiger partial charge in [0.15, 0.2) is 11.5 Å². The number of carbonyl (C=O) groups excluding carboxylic acids is 3. The molecule has 3 N–H and O–H groups in total. The Morgan fingerprint density at radius 1 is 0.894 bits per heavy atom. The van der Waals surface area contributed by atoms with E-state index < -0.39 is 47.4 Å². The van der Waals surface area contributed by atoms with Crippen molar-refractivity contribution in [3.05, 3.63) is 70.7 Å². The lowest BCUT2D eigenvalue weighted by molar-refractivity contribution is -0.150. The molecule has 4 atom stereocenters. The molecule has 47 heavy (non-hydrogen) atoms. The predicted octanol–water partition coefficient (Wildman–Crippen LogP) is 6.75. The molecule has 3 aromatic carbocycles. The molecule has 0 bridgehead atoms. The lowest BCUT2D eigenvalue weighted by atomic mass is 9.61. The van der Waals surface area contributed by atoms with Crippen LogP contribution >= 0.6 is 15.9 Å². The molecular weight excluding hydrogens is 668 g/mol. The number of carbonyl (C=O) groups is 3. The van der Waals surface area contributed by atoms with E-state index in [0.29, 0.717) is 64.2 Å². The summed E-state index contributed by atoms with van der Waals surface area (Å²) in [6.45, 7) is 8.36. The molecule has 11 heteroatoms. The maximum absolute atomic E-state index is 14.3. The maximum Gasteiger partial charge on any atom is 0.235 e. The third-order valence-electron chi connectivity index (χ3n) is 8.10. The zero-order valence-corrected chi connectivity index (χ0v) is 29.0. The van der Waals surface area contributed by atoms with Crippen molar-refractivity contribution in [2.45, 2.75) is 58.5 Å². The van der Waals surface area contributed by atoms with Crippen LogP contribution in [0, 0.1) is 11.8 Å². The van der Waals surface area contributed by atoms with Gasteiger partial charge in [-0.2, -0.15) is 0 Å². The average Bonchev–Trinajstić information content (AvgIpc) is 3.02. The van der Waals surface area contributed by atoms with E-state index >= 15 is 0 Å². The number of nitrogens with one attached hydrogen (secondary N) is 2. The number of benzene rings is 3. The fourth-order valence-electron chi connectivity index (χ4n) is 6.01. The molecule has 1 aliphatic rings. The summed E-state index contributed by atoms with van der Waals surface area (Å²) in [5, 5.41) is 17.6. The minimum atomic E-state index is -1.82. The van der Waals surface area contributed by atoms with Crippen LogP contribution in [-0.2, 0) is 14.4 Å². The van der Waals surface area contributed by atoms with Crippen LogP contribution in [0.3, 0.4) is 0 Å². The van der Waals surface area contributed by atoms with Crippen LogP contribution in [0.2, 0.25) is 0 Å². The van der Waals surface area contributed by atoms with Crippen molar-refractivity contribution in [1.29, 1.82) is 0 Å². The van der Waals surface area contributed by atoms with Gasteiger partial charge in [0.2, 0.25) is 11.8 Å². The topological polar surface area (TPSA) is 132 Å². The first kappa shape index (κ1) is 35.8. The third-order valence-corrected chi connectivity index (χ3v) is 8.69. The Morgan fingerprint density at radius 2 is 1.47 bits per heavy atom. The van der Waals surface area contributed by atoms with Crippen molar-refractivity contribution < 1.29 is 38.4 Å². The van der Waals surface area contributed by atoms with Gasteiger partial charge in [-0.25, -0.2) is 0 Å². The van der Waals surface area contributed by atoms with Crippen LogP contribution in [0.1, 0.15) is 58.4 Å². The number of ether oxygens (including phenoxy) is 4. The fraction of sp³-hybridized carbons (Fsp3) is 0.417. The quantitative estimate of drug-likeness (QED) is 0.124. The number of rotatable bonds is 14. The van der Waals surface area contributed by atoms with Gasteiger partial charge < -0.3 is 34.7 Å². The first-order valence-electron chi connectivity index (χ1n) is 15.9. The number of hydrogen-bond acceptors (Lipinski definition) is 8. The summed E-state index contributed by atoms with van der Waals surface area (Å²) in [6, 6.07) is 17.3. The summed E-state index contributed by atoms with van der Waals surface area (Å²) < 4.78 is 23.6. The molecule has 3 aromatic rings. The number of methoxy groups -OCH3 is 1. The van der Waals surface area contributed by atoms with Gasteiger partial charge in [0, 0.05) is 12.3 Å². The van der Waals surface area contributed by atoms with Crippen molar-refractivity contribution >= 4 is 44.9 Å². The van der Waals surface area contributed by atoms with E-state index in [2.05, 4.69) is 33.5 Å². The predicted molar refractivity (Wildman–Crippen MR) is 184 cm³/mol. The van der Waals surface area contributed by atoms with E-state index in [1.165, 1.54) is 14.0 Å². The SMILES string of the molecule is CCCCOc1c(Br)cc(C2C(C(=O)Nc3ccccc3OCC)C(=O)CC(C)(O)C2C(=O)Nc2ccccc2OCC)cc1OC. The van der Waals surface area contributed by atoms with Crippen molar-refractivity contribution in [2.24, 2.45) is 11.8 Å². The Bertz CT molecular complexity index is 1580. The van der Waals surface area contributed by atoms with Crippen molar-refractivity contribution in [3.63, 3.8) is 0 Å². The van der Waals surface area contributed by atoms with Gasteiger partial charge in [-0.05, 0) is 85.1 Å². The number of aliphatic hydroxyl groups is 1. The molecule has 0 aliphatic heterocycles. The van der Waals surface area contributed by atoms with Gasteiger partial charge in [0.1, 0.15) is 23.2 Å². The van der Waals surface area contributed by atoms with E-state index in [1.54, 1.807) is 60.7 Å². The summed E-state index contributed by atoms with van der Waals surface area (Å²) in [4.78, 5) is 42.4. The number of anilines is 2. The second kappa shape index (κ2) is 16.1. The largest absolute Gasteiger partial charge is 0.493 e. The minimum absolute atomic E-state index is 0.352. The van der Waals surface area contributed by atoms with E-state index in [9.17, 15) is 19.5 Å². The van der Waals surface area contributed by atoms with Gasteiger partial charge in [-0.3, -0.25) is 14.4 Å². The highest BCUT2D eigenvalue weighted by molar-refractivity contribution is 9.10. The van der Waals surface area contributed by atoms with Crippen molar-refractivity contribution in [3.8, 4) is 23.0 Å². The van der Waals surface area contributed by atoms with Crippen LogP contribution in [0.25, 0.3) is 0 Å². The Balaban J connectivity index is 1.85. The van der Waals surface area contributed by atoms with E-state index in [4.69, 9.17) is 18.9 Å². The average molecular weight is 712 g/mol. The molecule has 2 amide bonds. The molecule has 0 radical (unpaired) electrons. The van der Waals surface area contributed by atoms with Crippen LogP contribution in [0.4, 0.5) is 11.4 Å². The first-order valence-corrected chi connectivity index (χ1v) is 16.7. The summed E-state index contributed by atoms with van der Waals surface area (Å²) in [5.41, 5.74) is -0.604. The molecule has 4 unspecified atom stereocenters. The number of unbranched alkanes of at least 4 members (excludes halogenated alkanes) is 1. The highest BCUT2D eigenvalue weighted by Gasteiger charge is 2.56. The number of ketones is 1. The number of para-hydroxylation sites is 4. The van der Waals surface area contributed by atoms with E-state index in [-0.39, 0.29) is 0 Å². The molecule has 252 valence electrons. The molecule has 0 saturated heterocycles. The highest BCUT2D eigenvalue weighted by Crippen LogP contribution is 2.50. The first-order chi connectivity index (χ1) is 22.6. The lowest BCUT2D eigenvalue weighted by Gasteiger charge is -2.44. The molecule has 1 aliphatic carbocycles. The zero-order valence-electron chi connectivity index (χ0n) is 27.4. The van der Waals surface area contributed by atoms with Crippen molar-refractivity contribution in [1.82, 2.24) is 0 Å². The molecular formula is C36H43BrN2O8. The van der Waals surface area contributed by atoms with Crippen molar-refractivity contribution in [2.75, 3.05) is 37.6 Å². The summed E-state index contributed by atoms with van der Waals surface area (Å²) in [6.07, 6.45) is 1.34. The standard InChI is InChI=1S/C36H43BrN2O8/c1-6-9-18-47-33-23(37)19-22(20-29(33)44-5)30-31(34(41)38-24-14-10-12-16-27(24)45-7-2)26(40)21-36(4,43)32(30)35(42)39-25-15-11-13-17-28(25)46-8-3/h10-17,19-20,30-32,43H,6-9,18,21H2,1-5H3,(H,38,41)(H,39,42). The zero-order chi connectivity index (χ0) is 34.1. The molecule has 1 saturated carbocycles. The fourth-order valence-corrected chi connectivity index (χ4v) is 6.58. The molecule has 10 nitrogen and oxygen atoms in total. The summed E-state index contributed by atoms with van der Waals surface area (Å²) in [5.74, 6) is -3.74. The monoisotopic (exact) mass is 710 g/mol. The molecule has 0 spiro atoms. The second-order valence-electron chi connectivity index (χ2n) is 11.6. The number of amides is 2. The number of halogens is 1. The lowest BCUT2D eigenvalue weighted by Crippen LogP contribution is -2.56. The van der Waals surface area contributed by atoms with Crippen LogP contribution in [0.15, 0.2) is 65.1 Å². The molecule has 1 fully saturated rings. The number of hydrogen-bond donors (Lipinski definition) is 3. The van der Waals surface area contributed by atoms with Gasteiger partial charge >= 0.3 is 0 Å². The minimum Gasteiger partial charge on any atom is -0.493 e. The van der Waals surface area contributed by atoms with Gasteiger partial charge in [-0.15, -0.1) is 0 Å². The van der Waals surface area contributed by atoms with Gasteiger partial charge in [0.25, 0.3) is 0 Å². The van der Waals surface area contributed by atoms with E-state index in [1.807, 2.05) is 13.8 Å². The summed E-state index contributed by atoms with van der Waals surface area (Å²) >= 11 is 3.59. The molecule has 0 aromatic heterocycles. The Hall–Kier alpha value is -4.09. The third kappa shape index (κ3) is 8.26. The highest BCUT2D eigenvalue weighted by atomic mass is 79.9. The van der Waals surface area contributed by atoms with Crippen LogP contribution in [-0.4, -0.2) is 55.2 Å². The Labute approximate surface area is 284 Å².